The molecule has 2 N–H and O–H groups in total. The molecule has 0 unspecified atom stereocenters. The SMILES string of the molecule is COc1ccc(CNC(=O)C(=O)NC[C@H](c2ccc3c(c2)OCO3)N2CCN(C)CC2)cc1. The van der Waals surface area contributed by atoms with Crippen molar-refractivity contribution in [1.29, 1.82) is 0 Å². The van der Waals surface area contributed by atoms with Crippen molar-refractivity contribution in [3.8, 4) is 17.2 Å². The summed E-state index contributed by atoms with van der Waals surface area (Å²) in [4.78, 5) is 29.5. The summed E-state index contributed by atoms with van der Waals surface area (Å²) in [6, 6.07) is 13.1. The first-order valence-corrected chi connectivity index (χ1v) is 11.0. The van der Waals surface area contributed by atoms with E-state index in [1.807, 2.05) is 42.5 Å². The zero-order chi connectivity index (χ0) is 23.2. The van der Waals surface area contributed by atoms with Gasteiger partial charge in [-0.05, 0) is 42.4 Å². The van der Waals surface area contributed by atoms with Gasteiger partial charge in [0, 0.05) is 39.3 Å². The van der Waals surface area contributed by atoms with Gasteiger partial charge >= 0.3 is 11.8 Å². The van der Waals surface area contributed by atoms with Crippen LogP contribution in [0.3, 0.4) is 0 Å². The van der Waals surface area contributed by atoms with Gasteiger partial charge in [0.05, 0.1) is 13.2 Å². The van der Waals surface area contributed by atoms with Crippen molar-refractivity contribution < 1.29 is 23.8 Å². The van der Waals surface area contributed by atoms with Crippen molar-refractivity contribution in [3.63, 3.8) is 0 Å². The number of carbonyl (C=O) groups excluding carboxylic acids is 2. The van der Waals surface area contributed by atoms with E-state index in [4.69, 9.17) is 14.2 Å². The average molecular weight is 455 g/mol. The highest BCUT2D eigenvalue weighted by Crippen LogP contribution is 2.35. The number of fused-ring (bicyclic) bond motifs is 1. The number of amides is 2. The predicted octanol–water partition coefficient (Wildman–Crippen LogP) is 1.15. The Morgan fingerprint density at radius 3 is 2.39 bits per heavy atom. The lowest BCUT2D eigenvalue weighted by atomic mass is 10.0. The van der Waals surface area contributed by atoms with E-state index < -0.39 is 11.8 Å². The first kappa shape index (κ1) is 22.9. The number of nitrogens with zero attached hydrogens (tertiary/aromatic N) is 2. The van der Waals surface area contributed by atoms with Crippen LogP contribution in [-0.4, -0.2) is 75.3 Å². The molecule has 2 aliphatic heterocycles. The topological polar surface area (TPSA) is 92.4 Å². The van der Waals surface area contributed by atoms with Gasteiger partial charge in [-0.1, -0.05) is 18.2 Å². The number of methoxy groups -OCH3 is 1. The first-order chi connectivity index (χ1) is 16.0. The molecular weight excluding hydrogens is 424 g/mol. The van der Waals surface area contributed by atoms with Crippen LogP contribution in [-0.2, 0) is 16.1 Å². The normalized spacial score (nSPS) is 16.8. The van der Waals surface area contributed by atoms with Crippen LogP contribution in [0.15, 0.2) is 42.5 Å². The van der Waals surface area contributed by atoms with E-state index in [-0.39, 0.29) is 19.4 Å². The standard InChI is InChI=1S/C24H30N4O5/c1-27-9-11-28(12-10-27)20(18-5-8-21-22(13-18)33-16-32-21)15-26-24(30)23(29)25-14-17-3-6-19(31-2)7-4-17/h3-8,13,20H,9-12,14-16H2,1-2H3,(H,25,29)(H,26,30)/t20-/m1/s1. The number of hydrogen-bond donors (Lipinski definition) is 2. The molecule has 2 aromatic rings. The molecule has 1 saturated heterocycles. The molecule has 0 spiro atoms. The summed E-state index contributed by atoms with van der Waals surface area (Å²) in [5.41, 5.74) is 1.90. The second kappa shape index (κ2) is 10.5. The fourth-order valence-corrected chi connectivity index (χ4v) is 3.99. The molecule has 9 heteroatoms. The Morgan fingerprint density at radius 1 is 0.970 bits per heavy atom. The molecule has 0 saturated carbocycles. The van der Waals surface area contributed by atoms with Crippen molar-refractivity contribution in [2.75, 3.05) is 53.7 Å². The number of likely N-dealkylation sites (N-methyl/N-ethyl adjacent to an activating group) is 1. The number of rotatable bonds is 7. The van der Waals surface area contributed by atoms with Crippen LogP contribution in [0, 0.1) is 0 Å². The van der Waals surface area contributed by atoms with Gasteiger partial charge in [-0.15, -0.1) is 0 Å². The highest BCUT2D eigenvalue weighted by atomic mass is 16.7. The summed E-state index contributed by atoms with van der Waals surface area (Å²) in [5, 5.41) is 5.48. The molecule has 33 heavy (non-hydrogen) atoms. The number of carbonyl (C=O) groups is 2. The van der Waals surface area contributed by atoms with Crippen LogP contribution in [0.4, 0.5) is 0 Å². The number of benzene rings is 2. The summed E-state index contributed by atoms with van der Waals surface area (Å²) in [7, 11) is 3.70. The Labute approximate surface area is 193 Å². The van der Waals surface area contributed by atoms with Crippen LogP contribution in [0.1, 0.15) is 17.2 Å². The second-order valence-electron chi connectivity index (χ2n) is 8.21. The molecule has 4 rings (SSSR count). The number of piperazine rings is 1. The molecule has 0 aromatic heterocycles. The molecule has 9 nitrogen and oxygen atoms in total. The zero-order valence-electron chi connectivity index (χ0n) is 19.0. The fraction of sp³-hybridized carbons (Fsp3) is 0.417. The van der Waals surface area contributed by atoms with Crippen LogP contribution in [0.2, 0.25) is 0 Å². The van der Waals surface area contributed by atoms with Gasteiger partial charge in [-0.2, -0.15) is 0 Å². The van der Waals surface area contributed by atoms with Crippen LogP contribution < -0.4 is 24.8 Å². The molecule has 1 atom stereocenters. The van der Waals surface area contributed by atoms with Crippen LogP contribution in [0.25, 0.3) is 0 Å². The van der Waals surface area contributed by atoms with E-state index in [2.05, 4.69) is 27.5 Å². The number of hydrogen-bond acceptors (Lipinski definition) is 7. The van der Waals surface area contributed by atoms with Crippen LogP contribution in [0.5, 0.6) is 17.2 Å². The Bertz CT molecular complexity index is 973. The van der Waals surface area contributed by atoms with Crippen molar-refractivity contribution in [3.05, 3.63) is 53.6 Å². The lowest BCUT2D eigenvalue weighted by Crippen LogP contribution is -2.49. The van der Waals surface area contributed by atoms with Gasteiger partial charge in [-0.3, -0.25) is 14.5 Å². The Hall–Kier alpha value is -3.30. The molecule has 2 aliphatic rings. The van der Waals surface area contributed by atoms with Gasteiger partial charge in [-0.25, -0.2) is 0 Å². The van der Waals surface area contributed by atoms with Gasteiger partial charge in [0.2, 0.25) is 6.79 Å². The van der Waals surface area contributed by atoms with E-state index >= 15 is 0 Å². The quantitative estimate of drug-likeness (QED) is 0.607. The highest BCUT2D eigenvalue weighted by molar-refractivity contribution is 6.35. The maximum Gasteiger partial charge on any atom is 0.309 e. The summed E-state index contributed by atoms with van der Waals surface area (Å²) in [6.07, 6.45) is 0. The predicted molar refractivity (Wildman–Crippen MR) is 122 cm³/mol. The van der Waals surface area contributed by atoms with Crippen molar-refractivity contribution >= 4 is 11.8 Å². The molecule has 0 radical (unpaired) electrons. The molecule has 2 aromatic carbocycles. The minimum absolute atomic E-state index is 0.0773. The summed E-state index contributed by atoms with van der Waals surface area (Å²) in [6.45, 7) is 4.42. The largest absolute Gasteiger partial charge is 0.497 e. The molecule has 2 heterocycles. The third kappa shape index (κ3) is 5.74. The van der Waals surface area contributed by atoms with Gasteiger partial charge in [0.1, 0.15) is 5.75 Å². The maximum absolute atomic E-state index is 12.5. The lowest BCUT2D eigenvalue weighted by molar-refractivity contribution is -0.139. The third-order valence-electron chi connectivity index (χ3n) is 6.03. The van der Waals surface area contributed by atoms with Gasteiger partial charge < -0.3 is 29.7 Å². The Kier molecular flexibility index (Phi) is 7.31. The minimum atomic E-state index is -0.659. The third-order valence-corrected chi connectivity index (χ3v) is 6.03. The highest BCUT2D eigenvalue weighted by Gasteiger charge is 2.27. The molecule has 1 fully saturated rings. The second-order valence-corrected chi connectivity index (χ2v) is 8.21. The van der Waals surface area contributed by atoms with E-state index in [1.165, 1.54) is 0 Å². The van der Waals surface area contributed by atoms with E-state index in [0.717, 1.165) is 48.8 Å². The Morgan fingerprint density at radius 2 is 1.67 bits per heavy atom. The van der Waals surface area contributed by atoms with Crippen molar-refractivity contribution in [2.24, 2.45) is 0 Å². The fourth-order valence-electron chi connectivity index (χ4n) is 3.99. The van der Waals surface area contributed by atoms with E-state index in [1.54, 1.807) is 7.11 Å². The first-order valence-electron chi connectivity index (χ1n) is 11.0. The zero-order valence-corrected chi connectivity index (χ0v) is 19.0. The average Bonchev–Trinajstić information content (AvgIpc) is 3.32. The summed E-state index contributed by atoms with van der Waals surface area (Å²) in [5.74, 6) is 0.853. The molecule has 0 bridgehead atoms. The lowest BCUT2D eigenvalue weighted by Gasteiger charge is -2.38. The summed E-state index contributed by atoms with van der Waals surface area (Å²) < 4.78 is 16.1. The van der Waals surface area contributed by atoms with Crippen molar-refractivity contribution in [2.45, 2.75) is 12.6 Å². The molecule has 0 aliphatic carbocycles. The smallest absolute Gasteiger partial charge is 0.309 e. The molecule has 2 amide bonds. The van der Waals surface area contributed by atoms with Crippen molar-refractivity contribution in [1.82, 2.24) is 20.4 Å². The minimum Gasteiger partial charge on any atom is -0.497 e. The molecular formula is C24H30N4O5. The monoisotopic (exact) mass is 454 g/mol. The Balaban J connectivity index is 1.37. The maximum atomic E-state index is 12.5. The van der Waals surface area contributed by atoms with E-state index in [9.17, 15) is 9.59 Å². The van der Waals surface area contributed by atoms with Gasteiger partial charge in [0.15, 0.2) is 11.5 Å². The molecule has 176 valence electrons. The van der Waals surface area contributed by atoms with E-state index in [0.29, 0.717) is 12.3 Å². The summed E-state index contributed by atoms with van der Waals surface area (Å²) >= 11 is 0. The van der Waals surface area contributed by atoms with Gasteiger partial charge in [0.25, 0.3) is 0 Å². The van der Waals surface area contributed by atoms with Crippen LogP contribution >= 0.6 is 0 Å². The number of nitrogens with one attached hydrogen (secondary N) is 2. The number of ether oxygens (including phenoxy) is 3.